The molecule has 3 rings (SSSR count). The van der Waals surface area contributed by atoms with Crippen molar-refractivity contribution in [1.82, 2.24) is 0 Å². The molecule has 118 valence electrons. The normalized spacial score (nSPS) is 14.1. The van der Waals surface area contributed by atoms with Crippen molar-refractivity contribution in [2.75, 3.05) is 4.81 Å². The Labute approximate surface area is 140 Å². The zero-order valence-corrected chi connectivity index (χ0v) is 14.9. The molecule has 0 spiro atoms. The Morgan fingerprint density at radius 1 is 1.17 bits per heavy atom. The molecule has 1 aromatic carbocycles. The molecule has 0 saturated carbocycles. The summed E-state index contributed by atoms with van der Waals surface area (Å²) in [5.74, 6) is 1.94. The summed E-state index contributed by atoms with van der Waals surface area (Å²) in [7, 11) is 2.13. The van der Waals surface area contributed by atoms with E-state index >= 15 is 0 Å². The molecule has 0 amide bonds. The average molecular weight is 305 g/mol. The van der Waals surface area contributed by atoms with E-state index in [2.05, 4.69) is 92.7 Å². The van der Waals surface area contributed by atoms with E-state index in [4.69, 9.17) is 0 Å². The smallest absolute Gasteiger partial charge is 0.290 e. The minimum Gasteiger partial charge on any atom is -0.290 e. The number of nitrogens with zero attached hydrogens (tertiary/aromatic N) is 2. The van der Waals surface area contributed by atoms with Gasteiger partial charge in [-0.15, -0.1) is 0 Å². The summed E-state index contributed by atoms with van der Waals surface area (Å²) in [6.07, 6.45) is 5.60. The Hall–Kier alpha value is -2.03. The lowest BCUT2D eigenvalue weighted by molar-refractivity contribution is -0.658. The van der Waals surface area contributed by atoms with E-state index in [-0.39, 0.29) is 0 Å². The number of hydrogen-bond donors (Lipinski definition) is 0. The van der Waals surface area contributed by atoms with Crippen molar-refractivity contribution < 1.29 is 4.57 Å². The first kappa shape index (κ1) is 15.9. The molecule has 0 aliphatic carbocycles. The fourth-order valence-corrected chi connectivity index (χ4v) is 3.58. The highest BCUT2D eigenvalue weighted by Crippen LogP contribution is 2.24. The van der Waals surface area contributed by atoms with E-state index in [1.165, 1.54) is 28.1 Å². The van der Waals surface area contributed by atoms with Crippen molar-refractivity contribution in [3.05, 3.63) is 59.4 Å². The number of rotatable bonds is 3. The van der Waals surface area contributed by atoms with Gasteiger partial charge < -0.3 is 0 Å². The number of benzene rings is 1. The quantitative estimate of drug-likeness (QED) is 0.622. The van der Waals surface area contributed by atoms with Crippen LogP contribution in [0.1, 0.15) is 31.9 Å². The van der Waals surface area contributed by atoms with Gasteiger partial charge in [0.05, 0.1) is 18.9 Å². The Morgan fingerprint density at radius 2 is 1.91 bits per heavy atom. The number of aryl methyl sites for hydroxylation is 1. The van der Waals surface area contributed by atoms with Gasteiger partial charge in [0, 0.05) is 6.07 Å². The SMILES string of the molecule is CB1c2ccccc2C=C(C)N1c1cc(CC(C)C)cc[n+]1C. The molecule has 23 heavy (non-hydrogen) atoms. The lowest BCUT2D eigenvalue weighted by Gasteiger charge is -2.28. The lowest BCUT2D eigenvalue weighted by Crippen LogP contribution is -2.53. The van der Waals surface area contributed by atoms with Gasteiger partial charge in [0.15, 0.2) is 0 Å². The summed E-state index contributed by atoms with van der Waals surface area (Å²) in [6, 6.07) is 13.3. The Balaban J connectivity index is 2.05. The van der Waals surface area contributed by atoms with Crippen LogP contribution in [-0.2, 0) is 13.5 Å². The summed E-state index contributed by atoms with van der Waals surface area (Å²) in [6.45, 7) is 9.40. The first-order valence-corrected chi connectivity index (χ1v) is 8.52. The average Bonchev–Trinajstić information content (AvgIpc) is 2.50. The molecule has 1 aromatic heterocycles. The Bertz CT molecular complexity index is 749. The molecule has 0 radical (unpaired) electrons. The molecular weight excluding hydrogens is 279 g/mol. The highest BCUT2D eigenvalue weighted by molar-refractivity contribution is 6.77. The van der Waals surface area contributed by atoms with Gasteiger partial charge >= 0.3 is 6.85 Å². The number of pyridine rings is 1. The van der Waals surface area contributed by atoms with Crippen LogP contribution >= 0.6 is 0 Å². The van der Waals surface area contributed by atoms with E-state index in [1.54, 1.807) is 0 Å². The molecule has 0 atom stereocenters. The van der Waals surface area contributed by atoms with Crippen LogP contribution in [0.25, 0.3) is 6.08 Å². The van der Waals surface area contributed by atoms with E-state index in [0.29, 0.717) is 12.8 Å². The molecule has 0 unspecified atom stereocenters. The monoisotopic (exact) mass is 305 g/mol. The highest BCUT2D eigenvalue weighted by Gasteiger charge is 2.36. The predicted molar refractivity (Wildman–Crippen MR) is 100.0 cm³/mol. The maximum absolute atomic E-state index is 2.45. The van der Waals surface area contributed by atoms with Gasteiger partial charge in [-0.2, -0.15) is 0 Å². The highest BCUT2D eigenvalue weighted by atomic mass is 15.2. The van der Waals surface area contributed by atoms with Crippen LogP contribution in [0.4, 0.5) is 5.82 Å². The van der Waals surface area contributed by atoms with Gasteiger partial charge in [-0.05, 0) is 54.8 Å². The van der Waals surface area contributed by atoms with Crippen molar-refractivity contribution in [1.29, 1.82) is 0 Å². The molecule has 2 heterocycles. The maximum atomic E-state index is 2.45. The molecule has 1 aliphatic rings. The van der Waals surface area contributed by atoms with E-state index in [1.807, 2.05) is 0 Å². The van der Waals surface area contributed by atoms with Crippen LogP contribution in [0.2, 0.25) is 6.82 Å². The number of allylic oxidation sites excluding steroid dienone is 1. The zero-order chi connectivity index (χ0) is 16.6. The summed E-state index contributed by atoms with van der Waals surface area (Å²) in [5.41, 5.74) is 5.45. The fraction of sp³-hybridized carbons (Fsp3) is 0.350. The molecule has 0 N–H and O–H groups in total. The first-order valence-electron chi connectivity index (χ1n) is 8.52. The molecule has 3 heteroatoms. The van der Waals surface area contributed by atoms with Gasteiger partial charge in [-0.1, -0.05) is 38.1 Å². The summed E-state index contributed by atoms with van der Waals surface area (Å²) < 4.78 is 2.23. The summed E-state index contributed by atoms with van der Waals surface area (Å²) in [4.78, 5) is 2.45. The molecule has 1 aliphatic heterocycles. The molecular formula is C20H26BN2+. The molecule has 0 saturated heterocycles. The van der Waals surface area contributed by atoms with Crippen molar-refractivity contribution in [2.24, 2.45) is 13.0 Å². The Kier molecular flexibility index (Phi) is 4.30. The van der Waals surface area contributed by atoms with Crippen LogP contribution in [0.15, 0.2) is 48.3 Å². The van der Waals surface area contributed by atoms with Gasteiger partial charge in [0.25, 0.3) is 5.82 Å². The predicted octanol–water partition coefficient (Wildman–Crippen LogP) is 3.42. The molecule has 2 aromatic rings. The van der Waals surface area contributed by atoms with Gasteiger partial charge in [0.2, 0.25) is 0 Å². The van der Waals surface area contributed by atoms with Crippen LogP contribution in [0.5, 0.6) is 0 Å². The Morgan fingerprint density at radius 3 is 2.65 bits per heavy atom. The third kappa shape index (κ3) is 3.05. The number of hydrogen-bond acceptors (Lipinski definition) is 1. The lowest BCUT2D eigenvalue weighted by atomic mass is 9.53. The second-order valence-electron chi connectivity index (χ2n) is 7.06. The van der Waals surface area contributed by atoms with Crippen LogP contribution in [0, 0.1) is 5.92 Å². The largest absolute Gasteiger partial charge is 0.409 e. The zero-order valence-electron chi connectivity index (χ0n) is 14.9. The third-order valence-corrected chi connectivity index (χ3v) is 4.66. The van der Waals surface area contributed by atoms with E-state index in [0.717, 1.165) is 6.42 Å². The first-order chi connectivity index (χ1) is 11.0. The van der Waals surface area contributed by atoms with Crippen LogP contribution < -0.4 is 14.8 Å². The van der Waals surface area contributed by atoms with Crippen molar-refractivity contribution >= 4 is 24.2 Å². The standard InChI is InChI=1S/C20H26BN2/c1-15(2)12-17-10-11-22(5)20(14-17)23-16(3)13-18-8-6-7-9-19(18)21(23)4/h6-11,13-15H,12H2,1-5H3/q+1. The second-order valence-corrected chi connectivity index (χ2v) is 7.06. The van der Waals surface area contributed by atoms with E-state index < -0.39 is 0 Å². The summed E-state index contributed by atoms with van der Waals surface area (Å²) in [5, 5.41) is 0. The third-order valence-electron chi connectivity index (χ3n) is 4.66. The van der Waals surface area contributed by atoms with Gasteiger partial charge in [-0.25, -0.2) is 4.57 Å². The molecule has 0 bridgehead atoms. The minimum atomic E-state index is 0.344. The topological polar surface area (TPSA) is 7.12 Å². The second kappa shape index (κ2) is 6.23. The van der Waals surface area contributed by atoms with Crippen molar-refractivity contribution in [3.63, 3.8) is 0 Å². The number of fused-ring (bicyclic) bond motifs is 1. The summed E-state index contributed by atoms with van der Waals surface area (Å²) >= 11 is 0. The van der Waals surface area contributed by atoms with E-state index in [9.17, 15) is 0 Å². The molecule has 0 fully saturated rings. The van der Waals surface area contributed by atoms with Gasteiger partial charge in [-0.3, -0.25) is 4.81 Å². The fourth-order valence-electron chi connectivity index (χ4n) is 3.58. The minimum absolute atomic E-state index is 0.344. The number of anilines is 1. The van der Waals surface area contributed by atoms with Crippen LogP contribution in [-0.4, -0.2) is 6.85 Å². The van der Waals surface area contributed by atoms with Crippen LogP contribution in [0.3, 0.4) is 0 Å². The molecule has 2 nitrogen and oxygen atoms in total. The maximum Gasteiger partial charge on any atom is 0.409 e. The van der Waals surface area contributed by atoms with Crippen molar-refractivity contribution in [2.45, 2.75) is 34.0 Å². The van der Waals surface area contributed by atoms with Gasteiger partial charge in [0.1, 0.15) is 0 Å². The van der Waals surface area contributed by atoms with Crippen molar-refractivity contribution in [3.8, 4) is 0 Å². The number of aromatic nitrogens is 1.